The Balaban J connectivity index is 1.80. The summed E-state index contributed by atoms with van der Waals surface area (Å²) < 4.78 is 10.7. The van der Waals surface area contributed by atoms with Crippen LogP contribution in [0.2, 0.25) is 0 Å². The lowest BCUT2D eigenvalue weighted by atomic mass is 9.93. The molecule has 0 aliphatic heterocycles. The van der Waals surface area contributed by atoms with Crippen LogP contribution < -0.4 is 16.0 Å². The van der Waals surface area contributed by atoms with Crippen molar-refractivity contribution in [1.29, 1.82) is 0 Å². The standard InChI is InChI=1S/C41H61N5O7/c1-26(2)35(46(7)40(50)37(31-20-21-31)45-38(48)27(3)15-12-13-22-42-6)25-36(53-29(5)47)33-18-14-19-34(44-33)39(49)43-32(23-28(4)41(51)52-8)24-30-16-10-9-11-17-30/h9-11,14,16-19,26-28,31-32,35-37,42H,12-13,15,20-25H2,1-8H3,(H,43,49)(H,45,48)/t27-,28+,32-,35-,36-,37+/m1/s1. The molecule has 6 atom stereocenters. The third-order valence-corrected chi connectivity index (χ3v) is 10.0. The Morgan fingerprint density at radius 2 is 1.60 bits per heavy atom. The zero-order chi connectivity index (χ0) is 39.1. The number of nitrogens with zero attached hydrogens (tertiary/aromatic N) is 2. The number of hydrogen-bond acceptors (Lipinski definition) is 9. The summed E-state index contributed by atoms with van der Waals surface area (Å²) in [5.74, 6) is -2.20. The molecular weight excluding hydrogens is 674 g/mol. The third kappa shape index (κ3) is 13.9. The van der Waals surface area contributed by atoms with E-state index in [1.165, 1.54) is 14.0 Å². The number of esters is 2. The quantitative estimate of drug-likeness (QED) is 0.112. The highest BCUT2D eigenvalue weighted by Gasteiger charge is 2.41. The Morgan fingerprint density at radius 3 is 2.21 bits per heavy atom. The van der Waals surface area contributed by atoms with E-state index in [4.69, 9.17) is 9.47 Å². The molecule has 12 heteroatoms. The Morgan fingerprint density at radius 1 is 0.906 bits per heavy atom. The normalized spacial score (nSPS) is 16.0. The van der Waals surface area contributed by atoms with E-state index in [0.29, 0.717) is 18.5 Å². The number of aromatic nitrogens is 1. The number of nitrogens with one attached hydrogen (secondary N) is 3. The van der Waals surface area contributed by atoms with Crippen molar-refractivity contribution in [3.05, 3.63) is 65.5 Å². The van der Waals surface area contributed by atoms with E-state index >= 15 is 0 Å². The van der Waals surface area contributed by atoms with Crippen LogP contribution in [-0.2, 0) is 35.1 Å². The van der Waals surface area contributed by atoms with Gasteiger partial charge in [-0.05, 0) is 81.6 Å². The fourth-order valence-electron chi connectivity index (χ4n) is 6.73. The van der Waals surface area contributed by atoms with Crippen LogP contribution in [-0.4, -0.2) is 85.4 Å². The molecule has 0 spiro atoms. The van der Waals surface area contributed by atoms with E-state index in [1.807, 2.05) is 58.2 Å². The Bertz CT molecular complexity index is 1500. The number of hydrogen-bond donors (Lipinski definition) is 3. The Labute approximate surface area is 315 Å². The minimum absolute atomic E-state index is 0.0364. The monoisotopic (exact) mass is 735 g/mol. The number of amides is 3. The maximum Gasteiger partial charge on any atom is 0.308 e. The van der Waals surface area contributed by atoms with E-state index in [1.54, 1.807) is 37.1 Å². The molecule has 3 rings (SSSR count). The molecule has 0 bridgehead atoms. The molecule has 53 heavy (non-hydrogen) atoms. The summed E-state index contributed by atoms with van der Waals surface area (Å²) in [5.41, 5.74) is 1.51. The van der Waals surface area contributed by atoms with Crippen molar-refractivity contribution in [1.82, 2.24) is 25.8 Å². The second-order valence-corrected chi connectivity index (χ2v) is 14.9. The smallest absolute Gasteiger partial charge is 0.308 e. The van der Waals surface area contributed by atoms with Gasteiger partial charge in [-0.3, -0.25) is 24.0 Å². The van der Waals surface area contributed by atoms with Gasteiger partial charge in [0.25, 0.3) is 5.91 Å². The average Bonchev–Trinajstić information content (AvgIpc) is 3.98. The van der Waals surface area contributed by atoms with Crippen molar-refractivity contribution >= 4 is 29.7 Å². The molecule has 0 saturated heterocycles. The number of benzene rings is 1. The molecule has 1 aromatic heterocycles. The van der Waals surface area contributed by atoms with Crippen LogP contribution >= 0.6 is 0 Å². The molecule has 3 N–H and O–H groups in total. The molecule has 0 radical (unpaired) electrons. The number of carbonyl (C=O) groups excluding carboxylic acids is 5. The molecular formula is C41H61N5O7. The van der Waals surface area contributed by atoms with Crippen molar-refractivity contribution < 1.29 is 33.4 Å². The molecule has 1 heterocycles. The molecule has 1 aliphatic carbocycles. The molecule has 2 aromatic rings. The molecule has 0 unspecified atom stereocenters. The topological polar surface area (TPSA) is 156 Å². The first-order valence-electron chi connectivity index (χ1n) is 19.0. The van der Waals surface area contributed by atoms with Gasteiger partial charge >= 0.3 is 11.9 Å². The van der Waals surface area contributed by atoms with Gasteiger partial charge in [0.2, 0.25) is 11.8 Å². The number of carbonyl (C=O) groups is 5. The highest BCUT2D eigenvalue weighted by Crippen LogP contribution is 2.35. The van der Waals surface area contributed by atoms with Crippen molar-refractivity contribution in [2.45, 2.75) is 110 Å². The first-order valence-corrected chi connectivity index (χ1v) is 19.0. The van der Waals surface area contributed by atoms with E-state index in [-0.39, 0.29) is 59.7 Å². The van der Waals surface area contributed by atoms with E-state index < -0.39 is 29.9 Å². The highest BCUT2D eigenvalue weighted by atomic mass is 16.5. The van der Waals surface area contributed by atoms with Gasteiger partial charge in [0.05, 0.1) is 18.7 Å². The van der Waals surface area contributed by atoms with Gasteiger partial charge in [0, 0.05) is 38.4 Å². The summed E-state index contributed by atoms with van der Waals surface area (Å²) >= 11 is 0. The van der Waals surface area contributed by atoms with Crippen LogP contribution in [0.1, 0.15) is 107 Å². The predicted octanol–water partition coefficient (Wildman–Crippen LogP) is 5.02. The average molecular weight is 736 g/mol. The summed E-state index contributed by atoms with van der Waals surface area (Å²) in [6.07, 6.45) is 4.63. The van der Waals surface area contributed by atoms with Crippen molar-refractivity contribution in [2.24, 2.45) is 23.7 Å². The molecule has 1 saturated carbocycles. The molecule has 3 amide bonds. The lowest BCUT2D eigenvalue weighted by Crippen LogP contribution is -2.53. The van der Waals surface area contributed by atoms with E-state index in [0.717, 1.165) is 44.2 Å². The SMILES string of the molecule is CNCCCC[C@@H](C)C(=O)N[C@H](C(=O)N(C)[C@H](C[C@@H](OC(C)=O)c1cccc(C(=O)N[C@@H](Cc2ccccc2)C[C@H](C)C(=O)OC)n1)C(C)C)C1CC1. The number of pyridine rings is 1. The van der Waals surface area contributed by atoms with Crippen LogP contribution in [0.5, 0.6) is 0 Å². The summed E-state index contributed by atoms with van der Waals surface area (Å²) in [6, 6.07) is 13.3. The predicted molar refractivity (Wildman–Crippen MR) is 204 cm³/mol. The first-order chi connectivity index (χ1) is 25.2. The molecule has 292 valence electrons. The lowest BCUT2D eigenvalue weighted by molar-refractivity contribution is -0.149. The fourth-order valence-corrected chi connectivity index (χ4v) is 6.73. The van der Waals surface area contributed by atoms with Gasteiger partial charge in [-0.1, -0.05) is 70.5 Å². The summed E-state index contributed by atoms with van der Waals surface area (Å²) in [4.78, 5) is 71.9. The molecule has 1 aromatic carbocycles. The van der Waals surface area contributed by atoms with E-state index in [9.17, 15) is 24.0 Å². The van der Waals surface area contributed by atoms with Crippen LogP contribution in [0.3, 0.4) is 0 Å². The van der Waals surface area contributed by atoms with Crippen LogP contribution in [0, 0.1) is 23.7 Å². The van der Waals surface area contributed by atoms with Gasteiger partial charge in [-0.2, -0.15) is 0 Å². The molecule has 12 nitrogen and oxygen atoms in total. The molecule has 1 aliphatic rings. The molecule has 1 fully saturated rings. The van der Waals surface area contributed by atoms with Gasteiger partial charge in [0.15, 0.2) is 0 Å². The Hall–Kier alpha value is -4.32. The zero-order valence-corrected chi connectivity index (χ0v) is 32.9. The van der Waals surface area contributed by atoms with Crippen LogP contribution in [0.25, 0.3) is 0 Å². The van der Waals surface area contributed by atoms with Crippen molar-refractivity contribution in [3.63, 3.8) is 0 Å². The van der Waals surface area contributed by atoms with E-state index in [2.05, 4.69) is 20.9 Å². The van der Waals surface area contributed by atoms with Gasteiger partial charge in [-0.25, -0.2) is 4.98 Å². The maximum absolute atomic E-state index is 14.1. The Kier molecular flexibility index (Phi) is 17.4. The number of rotatable bonds is 22. The lowest BCUT2D eigenvalue weighted by Gasteiger charge is -2.36. The fraction of sp³-hybridized carbons (Fsp3) is 0.610. The van der Waals surface area contributed by atoms with Crippen molar-refractivity contribution in [3.8, 4) is 0 Å². The number of unbranched alkanes of at least 4 members (excludes halogenated alkanes) is 1. The largest absolute Gasteiger partial charge is 0.469 e. The van der Waals surface area contributed by atoms with Crippen LogP contribution in [0.15, 0.2) is 48.5 Å². The number of methoxy groups -OCH3 is 1. The summed E-state index contributed by atoms with van der Waals surface area (Å²) in [5, 5.41) is 9.25. The first kappa shape index (κ1) is 43.1. The highest BCUT2D eigenvalue weighted by molar-refractivity contribution is 5.92. The summed E-state index contributed by atoms with van der Waals surface area (Å²) in [6.45, 7) is 9.88. The number of ether oxygens (including phenoxy) is 2. The van der Waals surface area contributed by atoms with Gasteiger partial charge in [0.1, 0.15) is 17.8 Å². The third-order valence-electron chi connectivity index (χ3n) is 10.0. The maximum atomic E-state index is 14.1. The zero-order valence-electron chi connectivity index (χ0n) is 32.9. The summed E-state index contributed by atoms with van der Waals surface area (Å²) in [7, 11) is 4.99. The van der Waals surface area contributed by atoms with Crippen LogP contribution in [0.4, 0.5) is 0 Å². The van der Waals surface area contributed by atoms with Gasteiger partial charge < -0.3 is 30.3 Å². The van der Waals surface area contributed by atoms with Gasteiger partial charge in [-0.15, -0.1) is 0 Å². The minimum Gasteiger partial charge on any atom is -0.469 e. The van der Waals surface area contributed by atoms with Crippen molar-refractivity contribution in [2.75, 3.05) is 27.7 Å². The minimum atomic E-state index is -0.853. The second kappa shape index (κ2) is 21.4. The number of likely N-dealkylation sites (N-methyl/N-ethyl adjacent to an activating group) is 1. The second-order valence-electron chi connectivity index (χ2n) is 14.9.